The first-order chi connectivity index (χ1) is 16.3. The highest BCUT2D eigenvalue weighted by Gasteiger charge is 2.45. The largest absolute Gasteiger partial charge is 0.465 e. The predicted octanol–water partition coefficient (Wildman–Crippen LogP) is 4.97. The van der Waals surface area contributed by atoms with E-state index in [4.69, 9.17) is 9.15 Å². The molecule has 3 heterocycles. The van der Waals surface area contributed by atoms with Gasteiger partial charge in [0.15, 0.2) is 10.6 Å². The summed E-state index contributed by atoms with van der Waals surface area (Å²) >= 11 is 1.06. The molecule has 1 atom stereocenters. The van der Waals surface area contributed by atoms with Gasteiger partial charge in [0, 0.05) is 0 Å². The second-order valence-corrected chi connectivity index (χ2v) is 9.23. The monoisotopic (exact) mass is 474 g/mol. The number of fused-ring (bicyclic) bond motifs is 2. The Labute approximate surface area is 199 Å². The number of hydrogen-bond acceptors (Lipinski definition) is 7. The normalized spacial score (nSPS) is 15.1. The minimum absolute atomic E-state index is 0.00149. The minimum Gasteiger partial charge on any atom is -0.465 e. The van der Waals surface area contributed by atoms with E-state index in [1.807, 2.05) is 37.3 Å². The van der Waals surface area contributed by atoms with E-state index in [1.165, 1.54) is 12.0 Å². The number of benzene rings is 2. The van der Waals surface area contributed by atoms with Crippen LogP contribution in [0.2, 0.25) is 0 Å². The van der Waals surface area contributed by atoms with Gasteiger partial charge in [-0.1, -0.05) is 54.2 Å². The Morgan fingerprint density at radius 1 is 1.15 bits per heavy atom. The first-order valence-corrected chi connectivity index (χ1v) is 11.7. The zero-order valence-electron chi connectivity index (χ0n) is 19.2. The van der Waals surface area contributed by atoms with Gasteiger partial charge in [0.25, 0.3) is 5.91 Å². The van der Waals surface area contributed by atoms with Gasteiger partial charge in [-0.05, 0) is 43.5 Å². The average molecular weight is 475 g/mol. The number of methoxy groups -OCH3 is 1. The molecule has 2 aromatic carbocycles. The summed E-state index contributed by atoms with van der Waals surface area (Å²) in [5.74, 6) is -0.993. The number of ether oxygens (including phenoxy) is 1. The summed E-state index contributed by atoms with van der Waals surface area (Å²) in [7, 11) is 1.30. The number of nitrogens with zero attached hydrogens (tertiary/aromatic N) is 2. The zero-order valence-corrected chi connectivity index (χ0v) is 20.0. The number of aromatic nitrogens is 1. The Hall–Kier alpha value is -3.78. The third-order valence-corrected chi connectivity index (χ3v) is 7.23. The van der Waals surface area contributed by atoms with E-state index >= 15 is 0 Å². The van der Waals surface area contributed by atoms with Crippen molar-refractivity contribution in [2.24, 2.45) is 0 Å². The van der Waals surface area contributed by atoms with Crippen LogP contribution in [0.5, 0.6) is 0 Å². The van der Waals surface area contributed by atoms with Gasteiger partial charge in [-0.25, -0.2) is 9.78 Å². The van der Waals surface area contributed by atoms with E-state index in [-0.39, 0.29) is 16.8 Å². The molecule has 0 aliphatic carbocycles. The van der Waals surface area contributed by atoms with Crippen molar-refractivity contribution in [3.8, 4) is 0 Å². The number of aryl methyl sites for hydroxylation is 3. The highest BCUT2D eigenvalue weighted by atomic mass is 32.1. The van der Waals surface area contributed by atoms with Crippen molar-refractivity contribution in [1.29, 1.82) is 0 Å². The molecule has 8 heteroatoms. The van der Waals surface area contributed by atoms with E-state index in [9.17, 15) is 14.4 Å². The summed E-state index contributed by atoms with van der Waals surface area (Å²) in [5, 5.41) is 0.729. The number of amides is 1. The number of carbonyl (C=O) groups excluding carboxylic acids is 2. The Morgan fingerprint density at radius 2 is 1.88 bits per heavy atom. The van der Waals surface area contributed by atoms with Crippen molar-refractivity contribution in [2.75, 3.05) is 12.0 Å². The smallest absolute Gasteiger partial charge is 0.350 e. The summed E-state index contributed by atoms with van der Waals surface area (Å²) in [6.07, 6.45) is 0.865. The molecule has 4 aromatic rings. The van der Waals surface area contributed by atoms with E-state index in [1.54, 1.807) is 19.1 Å². The van der Waals surface area contributed by atoms with Crippen LogP contribution in [0.1, 0.15) is 61.1 Å². The molecule has 0 spiro atoms. The molecule has 5 rings (SSSR count). The van der Waals surface area contributed by atoms with Crippen molar-refractivity contribution in [1.82, 2.24) is 4.98 Å². The first kappa shape index (κ1) is 22.0. The van der Waals surface area contributed by atoms with Gasteiger partial charge in [0.2, 0.25) is 5.76 Å². The highest BCUT2D eigenvalue weighted by Crippen LogP contribution is 2.43. The number of anilines is 1. The molecular weight excluding hydrogens is 452 g/mol. The summed E-state index contributed by atoms with van der Waals surface area (Å²) in [6, 6.07) is 12.4. The predicted molar refractivity (Wildman–Crippen MR) is 130 cm³/mol. The van der Waals surface area contributed by atoms with E-state index < -0.39 is 17.9 Å². The summed E-state index contributed by atoms with van der Waals surface area (Å²) in [6.45, 7) is 5.65. The molecule has 0 bridgehead atoms. The van der Waals surface area contributed by atoms with Gasteiger partial charge in [-0.3, -0.25) is 14.5 Å². The standard InChI is InChI=1S/C26H22N2O5S/c1-5-15-7-9-16(10-8-15)20-19-21(29)17-12-13(2)6-11-18(17)33-22(19)24(30)28(20)26-27-14(3)23(34-26)25(31)32-4/h6-12,20H,5H2,1-4H3/t20-/m1/s1. The van der Waals surface area contributed by atoms with Gasteiger partial charge in [-0.15, -0.1) is 0 Å². The highest BCUT2D eigenvalue weighted by molar-refractivity contribution is 7.17. The van der Waals surface area contributed by atoms with Crippen LogP contribution >= 0.6 is 11.3 Å². The molecule has 7 nitrogen and oxygen atoms in total. The minimum atomic E-state index is -0.731. The number of thiazole rings is 1. The van der Waals surface area contributed by atoms with Crippen LogP contribution in [0.25, 0.3) is 11.0 Å². The molecule has 0 fully saturated rings. The lowest BCUT2D eigenvalue weighted by atomic mass is 9.97. The summed E-state index contributed by atoms with van der Waals surface area (Å²) < 4.78 is 10.9. The molecule has 1 aliphatic heterocycles. The Balaban J connectivity index is 1.77. The maximum atomic E-state index is 13.7. The molecule has 0 unspecified atom stereocenters. The van der Waals surface area contributed by atoms with E-state index in [2.05, 4.69) is 11.9 Å². The van der Waals surface area contributed by atoms with Gasteiger partial charge in [0.1, 0.15) is 10.5 Å². The third-order valence-electron chi connectivity index (χ3n) is 6.09. The number of esters is 1. The molecule has 34 heavy (non-hydrogen) atoms. The maximum absolute atomic E-state index is 13.7. The number of carbonyl (C=O) groups is 2. The molecule has 172 valence electrons. The molecule has 0 N–H and O–H groups in total. The van der Waals surface area contributed by atoms with E-state index in [0.717, 1.165) is 34.4 Å². The SMILES string of the molecule is CCc1ccc([C@@H]2c3c(oc4ccc(C)cc4c3=O)C(=O)N2c2nc(C)c(C(=O)OC)s2)cc1. The van der Waals surface area contributed by atoms with Crippen molar-refractivity contribution in [3.63, 3.8) is 0 Å². The number of rotatable bonds is 4. The zero-order chi connectivity index (χ0) is 24.1. The topological polar surface area (TPSA) is 89.7 Å². The molecule has 2 aromatic heterocycles. The van der Waals surface area contributed by atoms with Crippen LogP contribution in [-0.2, 0) is 11.2 Å². The van der Waals surface area contributed by atoms with Gasteiger partial charge < -0.3 is 9.15 Å². The van der Waals surface area contributed by atoms with Crippen LogP contribution in [0.4, 0.5) is 5.13 Å². The third kappa shape index (κ3) is 3.33. The summed E-state index contributed by atoms with van der Waals surface area (Å²) in [5.41, 5.74) is 3.66. The van der Waals surface area contributed by atoms with Crippen molar-refractivity contribution >= 4 is 39.3 Å². The first-order valence-electron chi connectivity index (χ1n) is 10.9. The Kier molecular flexibility index (Phi) is 5.32. The lowest BCUT2D eigenvalue weighted by Crippen LogP contribution is -2.29. The number of hydrogen-bond donors (Lipinski definition) is 0. The second kappa shape index (κ2) is 8.22. The molecule has 1 amide bonds. The lowest BCUT2D eigenvalue weighted by molar-refractivity contribution is 0.0605. The van der Waals surface area contributed by atoms with Crippen LogP contribution in [0.3, 0.4) is 0 Å². The van der Waals surface area contributed by atoms with Gasteiger partial charge in [-0.2, -0.15) is 0 Å². The molecule has 0 saturated heterocycles. The average Bonchev–Trinajstić information content (AvgIpc) is 3.36. The molecular formula is C26H22N2O5S. The Bertz CT molecular complexity index is 1520. The Morgan fingerprint density at radius 3 is 2.56 bits per heavy atom. The quantitative estimate of drug-likeness (QED) is 0.388. The van der Waals surface area contributed by atoms with Crippen LogP contribution in [0, 0.1) is 13.8 Å². The maximum Gasteiger partial charge on any atom is 0.350 e. The lowest BCUT2D eigenvalue weighted by Gasteiger charge is -2.22. The second-order valence-electron chi connectivity index (χ2n) is 8.25. The van der Waals surface area contributed by atoms with Crippen LogP contribution in [-0.4, -0.2) is 24.0 Å². The van der Waals surface area contributed by atoms with Crippen LogP contribution in [0.15, 0.2) is 51.7 Å². The fourth-order valence-electron chi connectivity index (χ4n) is 4.30. The van der Waals surface area contributed by atoms with Crippen LogP contribution < -0.4 is 10.3 Å². The van der Waals surface area contributed by atoms with Crippen molar-refractivity contribution in [3.05, 3.63) is 91.3 Å². The van der Waals surface area contributed by atoms with Gasteiger partial charge >= 0.3 is 5.97 Å². The molecule has 0 radical (unpaired) electrons. The van der Waals surface area contributed by atoms with E-state index in [0.29, 0.717) is 26.7 Å². The van der Waals surface area contributed by atoms with Crippen molar-refractivity contribution in [2.45, 2.75) is 33.2 Å². The van der Waals surface area contributed by atoms with Crippen molar-refractivity contribution < 1.29 is 18.7 Å². The molecule has 1 aliphatic rings. The fraction of sp³-hybridized carbons (Fsp3) is 0.231. The van der Waals surface area contributed by atoms with Gasteiger partial charge in [0.05, 0.1) is 29.8 Å². The molecule has 0 saturated carbocycles. The fourth-order valence-corrected chi connectivity index (χ4v) is 5.31. The summed E-state index contributed by atoms with van der Waals surface area (Å²) in [4.78, 5) is 45.8.